The number of aromatic nitrogens is 3. The van der Waals surface area contributed by atoms with Gasteiger partial charge in [0.15, 0.2) is 5.13 Å². The van der Waals surface area contributed by atoms with E-state index in [-0.39, 0.29) is 17.7 Å². The molecule has 2 N–H and O–H groups in total. The molecule has 1 saturated carbocycles. The summed E-state index contributed by atoms with van der Waals surface area (Å²) in [5, 5.41) is 13.7. The maximum atomic E-state index is 13.1. The maximum absolute atomic E-state index is 13.1. The Kier molecular flexibility index (Phi) is 7.57. The molecule has 0 spiro atoms. The number of thiazole rings is 1. The number of piperidine rings is 1. The van der Waals surface area contributed by atoms with Crippen LogP contribution in [-0.2, 0) is 16.0 Å². The van der Waals surface area contributed by atoms with Crippen LogP contribution in [0.15, 0.2) is 12.3 Å². The summed E-state index contributed by atoms with van der Waals surface area (Å²) in [7, 11) is 0. The number of amides is 1. The lowest BCUT2D eigenvalue weighted by atomic mass is 9.78. The number of aryl methyl sites for hydroxylation is 2. The largest absolute Gasteiger partial charge is 0.481 e. The van der Waals surface area contributed by atoms with Crippen LogP contribution in [0.2, 0.25) is 0 Å². The second kappa shape index (κ2) is 10.6. The first kappa shape index (κ1) is 23.6. The highest BCUT2D eigenvalue weighted by molar-refractivity contribution is 7.15. The van der Waals surface area contributed by atoms with Crippen molar-refractivity contribution in [3.63, 3.8) is 0 Å². The molecule has 0 unspecified atom stereocenters. The molecule has 2 aliphatic rings. The molecule has 1 amide bonds. The van der Waals surface area contributed by atoms with Gasteiger partial charge in [0.25, 0.3) is 0 Å². The number of carbonyl (C=O) groups excluding carboxylic acids is 1. The molecular weight excluding hydrogens is 438 g/mol. The number of carboxylic acids is 1. The summed E-state index contributed by atoms with van der Waals surface area (Å²) in [6, 6.07) is 1.93. The van der Waals surface area contributed by atoms with Gasteiger partial charge in [0.05, 0.1) is 11.8 Å². The number of hydrogen-bond acceptors (Lipinski definition) is 7. The Balaban J connectivity index is 1.39. The van der Waals surface area contributed by atoms with Crippen molar-refractivity contribution in [1.82, 2.24) is 19.9 Å². The number of aliphatic carboxylic acids is 1. The van der Waals surface area contributed by atoms with Crippen LogP contribution in [0.3, 0.4) is 0 Å². The van der Waals surface area contributed by atoms with Crippen molar-refractivity contribution < 1.29 is 14.7 Å². The first-order chi connectivity index (χ1) is 15.9. The fourth-order valence-electron chi connectivity index (χ4n) is 4.99. The van der Waals surface area contributed by atoms with Crippen molar-refractivity contribution in [1.29, 1.82) is 0 Å². The predicted molar refractivity (Wildman–Crippen MR) is 128 cm³/mol. The van der Waals surface area contributed by atoms with E-state index in [0.29, 0.717) is 25.9 Å². The molecular formula is C24H33N5O3S. The van der Waals surface area contributed by atoms with Crippen LogP contribution >= 0.6 is 11.3 Å². The third-order valence-electron chi connectivity index (χ3n) is 6.73. The maximum Gasteiger partial charge on any atom is 0.307 e. The molecule has 0 radical (unpaired) electrons. The highest BCUT2D eigenvalue weighted by atomic mass is 32.1. The quantitative estimate of drug-likeness (QED) is 0.610. The smallest absolute Gasteiger partial charge is 0.307 e. The molecule has 1 saturated heterocycles. The predicted octanol–water partition coefficient (Wildman–Crippen LogP) is 4.53. The van der Waals surface area contributed by atoms with Gasteiger partial charge in [0.1, 0.15) is 11.6 Å². The van der Waals surface area contributed by atoms with E-state index in [4.69, 9.17) is 4.98 Å². The molecule has 2 aromatic heterocycles. The molecule has 8 nitrogen and oxygen atoms in total. The lowest BCUT2D eigenvalue weighted by Gasteiger charge is -2.36. The van der Waals surface area contributed by atoms with E-state index >= 15 is 0 Å². The third kappa shape index (κ3) is 5.69. The molecule has 2 aromatic rings. The summed E-state index contributed by atoms with van der Waals surface area (Å²) in [4.78, 5) is 41.7. The molecule has 33 heavy (non-hydrogen) atoms. The number of nitrogens with one attached hydrogen (secondary N) is 1. The zero-order valence-electron chi connectivity index (χ0n) is 19.4. The zero-order chi connectivity index (χ0) is 23.4. The Bertz CT molecular complexity index is 986. The van der Waals surface area contributed by atoms with Gasteiger partial charge in [0, 0.05) is 41.8 Å². The summed E-state index contributed by atoms with van der Waals surface area (Å²) in [6.07, 6.45) is 8.73. The minimum absolute atomic E-state index is 0.0136. The summed E-state index contributed by atoms with van der Waals surface area (Å²) in [5.74, 6) is -0.00646. The standard InChI is InChI=1S/C24H33N5O3S/c1-3-6-17-14-25-24(33-17)28-20-13-15(2)26-21(27-20)16-9-11-29(12-10-16)22(30)18-7-4-5-8-19(18)23(31)32/h13-14,16,18-19H,3-12H2,1-2H3,(H,31,32)(H,25,26,27,28)/t18-,19+/m0/s1. The number of carboxylic acid groups (broad SMARTS) is 1. The summed E-state index contributed by atoms with van der Waals surface area (Å²) >= 11 is 1.65. The Morgan fingerprint density at radius 2 is 1.88 bits per heavy atom. The van der Waals surface area contributed by atoms with Gasteiger partial charge >= 0.3 is 5.97 Å². The van der Waals surface area contributed by atoms with Crippen molar-refractivity contribution in [2.75, 3.05) is 18.4 Å². The molecule has 1 aliphatic carbocycles. The molecule has 2 fully saturated rings. The summed E-state index contributed by atoms with van der Waals surface area (Å²) < 4.78 is 0. The summed E-state index contributed by atoms with van der Waals surface area (Å²) in [5.41, 5.74) is 0.901. The zero-order valence-corrected chi connectivity index (χ0v) is 20.2. The Morgan fingerprint density at radius 3 is 2.58 bits per heavy atom. The average molecular weight is 472 g/mol. The lowest BCUT2D eigenvalue weighted by Crippen LogP contribution is -2.45. The fourth-order valence-corrected chi connectivity index (χ4v) is 5.91. The van der Waals surface area contributed by atoms with Gasteiger partial charge in [-0.15, -0.1) is 11.3 Å². The minimum Gasteiger partial charge on any atom is -0.481 e. The van der Waals surface area contributed by atoms with E-state index in [1.807, 2.05) is 24.1 Å². The van der Waals surface area contributed by atoms with Crippen LogP contribution in [-0.4, -0.2) is 49.9 Å². The van der Waals surface area contributed by atoms with Crippen molar-refractivity contribution in [2.24, 2.45) is 11.8 Å². The van der Waals surface area contributed by atoms with Gasteiger partial charge in [-0.3, -0.25) is 9.59 Å². The van der Waals surface area contributed by atoms with E-state index in [9.17, 15) is 14.7 Å². The van der Waals surface area contributed by atoms with Crippen LogP contribution in [0.1, 0.15) is 74.2 Å². The Morgan fingerprint density at radius 1 is 1.15 bits per heavy atom. The Hall–Kier alpha value is -2.55. The van der Waals surface area contributed by atoms with Crippen molar-refractivity contribution in [3.8, 4) is 0 Å². The van der Waals surface area contributed by atoms with E-state index in [2.05, 4.69) is 22.2 Å². The first-order valence-electron chi connectivity index (χ1n) is 12.0. The first-order valence-corrected chi connectivity index (χ1v) is 12.8. The van der Waals surface area contributed by atoms with Crippen molar-refractivity contribution >= 4 is 34.2 Å². The molecule has 3 heterocycles. The number of nitrogens with zero attached hydrogens (tertiary/aromatic N) is 4. The van der Waals surface area contributed by atoms with Crippen LogP contribution < -0.4 is 5.32 Å². The third-order valence-corrected chi connectivity index (χ3v) is 7.70. The SMILES string of the molecule is CCCc1cnc(Nc2cc(C)nc(C3CCN(C(=O)[C@H]4CCCC[C@H]4C(=O)O)CC3)n2)s1. The molecule has 1 aliphatic heterocycles. The number of rotatable bonds is 7. The minimum atomic E-state index is -0.835. The second-order valence-electron chi connectivity index (χ2n) is 9.19. The molecule has 4 rings (SSSR count). The molecule has 0 aromatic carbocycles. The molecule has 9 heteroatoms. The van der Waals surface area contributed by atoms with Gasteiger partial charge in [-0.25, -0.2) is 15.0 Å². The van der Waals surface area contributed by atoms with Gasteiger partial charge in [-0.1, -0.05) is 26.2 Å². The lowest BCUT2D eigenvalue weighted by molar-refractivity contribution is -0.152. The topological polar surface area (TPSA) is 108 Å². The number of carbonyl (C=O) groups is 2. The van der Waals surface area contributed by atoms with Crippen LogP contribution in [0.4, 0.5) is 10.9 Å². The fraction of sp³-hybridized carbons (Fsp3) is 0.625. The van der Waals surface area contributed by atoms with Gasteiger partial charge in [0.2, 0.25) is 5.91 Å². The van der Waals surface area contributed by atoms with E-state index < -0.39 is 11.9 Å². The number of anilines is 2. The van der Waals surface area contributed by atoms with E-state index in [0.717, 1.165) is 61.0 Å². The average Bonchev–Trinajstić information content (AvgIpc) is 3.25. The van der Waals surface area contributed by atoms with Crippen LogP contribution in [0.25, 0.3) is 0 Å². The highest BCUT2D eigenvalue weighted by Gasteiger charge is 2.39. The van der Waals surface area contributed by atoms with Gasteiger partial charge in [-0.2, -0.15) is 0 Å². The second-order valence-corrected chi connectivity index (χ2v) is 10.3. The van der Waals surface area contributed by atoms with Crippen LogP contribution in [0.5, 0.6) is 0 Å². The van der Waals surface area contributed by atoms with Crippen molar-refractivity contribution in [3.05, 3.63) is 28.7 Å². The molecule has 0 bridgehead atoms. The molecule has 178 valence electrons. The van der Waals surface area contributed by atoms with Crippen molar-refractivity contribution in [2.45, 2.75) is 71.1 Å². The Labute approximate surface area is 198 Å². The number of hydrogen-bond donors (Lipinski definition) is 2. The monoisotopic (exact) mass is 471 g/mol. The number of likely N-dealkylation sites (tertiary alicyclic amines) is 1. The normalized spacial score (nSPS) is 21.7. The van der Waals surface area contributed by atoms with Gasteiger partial charge < -0.3 is 15.3 Å². The van der Waals surface area contributed by atoms with E-state index in [1.165, 1.54) is 4.88 Å². The van der Waals surface area contributed by atoms with Gasteiger partial charge in [-0.05, 0) is 39.0 Å². The van der Waals surface area contributed by atoms with E-state index in [1.54, 1.807) is 11.3 Å². The van der Waals surface area contributed by atoms with Crippen LogP contribution in [0, 0.1) is 18.8 Å². The summed E-state index contributed by atoms with van der Waals surface area (Å²) in [6.45, 7) is 5.37. The highest BCUT2D eigenvalue weighted by Crippen LogP contribution is 2.34. The molecule has 2 atom stereocenters.